The predicted octanol–water partition coefficient (Wildman–Crippen LogP) is 5.10. The van der Waals surface area contributed by atoms with Crippen LogP contribution in [-0.2, 0) is 12.4 Å². The number of rotatable bonds is 5. The molecule has 154 valence electrons. The van der Waals surface area contributed by atoms with Crippen LogP contribution in [0, 0.1) is 0 Å². The van der Waals surface area contributed by atoms with E-state index in [1.54, 1.807) is 13.8 Å². The van der Waals surface area contributed by atoms with Crippen molar-refractivity contribution in [3.8, 4) is 11.3 Å². The van der Waals surface area contributed by atoms with E-state index in [1.807, 2.05) is 0 Å². The fraction of sp³-hybridized carbons (Fsp3) is 0.444. The molecular formula is C18H19F6N3O. The van der Waals surface area contributed by atoms with Gasteiger partial charge in [-0.25, -0.2) is 0 Å². The van der Waals surface area contributed by atoms with Crippen LogP contribution < -0.4 is 5.32 Å². The minimum Gasteiger partial charge on any atom is -0.392 e. The van der Waals surface area contributed by atoms with Crippen molar-refractivity contribution in [1.82, 2.24) is 10.2 Å². The molecule has 0 aliphatic carbocycles. The minimum atomic E-state index is -5.00. The number of benzene rings is 1. The molecule has 0 unspecified atom stereocenters. The Balaban J connectivity index is 2.63. The van der Waals surface area contributed by atoms with E-state index in [0.717, 1.165) is 6.07 Å². The average molecular weight is 407 g/mol. The van der Waals surface area contributed by atoms with Gasteiger partial charge in [-0.3, -0.25) is 0 Å². The van der Waals surface area contributed by atoms with Crippen LogP contribution in [0.3, 0.4) is 0 Å². The Morgan fingerprint density at radius 2 is 1.61 bits per heavy atom. The number of aliphatic hydroxyl groups is 1. The number of anilines is 1. The first-order valence-electron chi connectivity index (χ1n) is 8.39. The smallest absolute Gasteiger partial charge is 0.392 e. The number of hydrogen-bond donors (Lipinski definition) is 2. The van der Waals surface area contributed by atoms with E-state index in [4.69, 9.17) is 0 Å². The first-order valence-corrected chi connectivity index (χ1v) is 8.39. The van der Waals surface area contributed by atoms with Gasteiger partial charge in [0.1, 0.15) is 5.82 Å². The zero-order valence-corrected chi connectivity index (χ0v) is 15.3. The maximum Gasteiger partial charge on any atom is 0.417 e. The molecule has 0 saturated heterocycles. The molecule has 2 rings (SSSR count). The van der Waals surface area contributed by atoms with Crippen LogP contribution in [0.4, 0.5) is 32.2 Å². The summed E-state index contributed by atoms with van der Waals surface area (Å²) in [5, 5.41) is 19.8. The molecule has 0 amide bonds. The van der Waals surface area contributed by atoms with Gasteiger partial charge in [0.2, 0.25) is 0 Å². The van der Waals surface area contributed by atoms with Crippen molar-refractivity contribution in [1.29, 1.82) is 0 Å². The summed E-state index contributed by atoms with van der Waals surface area (Å²) in [5.41, 5.74) is -3.05. The molecule has 2 aromatic rings. The summed E-state index contributed by atoms with van der Waals surface area (Å²) < 4.78 is 79.0. The number of alkyl halides is 6. The largest absolute Gasteiger partial charge is 0.417 e. The van der Waals surface area contributed by atoms with Crippen LogP contribution in [0.25, 0.3) is 11.3 Å². The summed E-state index contributed by atoms with van der Waals surface area (Å²) >= 11 is 0. The van der Waals surface area contributed by atoms with Gasteiger partial charge in [-0.1, -0.05) is 19.9 Å². The highest BCUT2D eigenvalue weighted by atomic mass is 19.4. The Labute approximate surface area is 157 Å². The van der Waals surface area contributed by atoms with Gasteiger partial charge in [-0.05, 0) is 36.6 Å². The molecule has 0 saturated carbocycles. The molecule has 0 spiro atoms. The molecule has 1 aromatic heterocycles. The highest BCUT2D eigenvalue weighted by Crippen LogP contribution is 2.42. The second-order valence-electron chi connectivity index (χ2n) is 6.67. The summed E-state index contributed by atoms with van der Waals surface area (Å²) in [6.07, 6.45) is -10.6. The van der Waals surface area contributed by atoms with Gasteiger partial charge in [-0.15, -0.1) is 10.2 Å². The van der Waals surface area contributed by atoms with Gasteiger partial charge < -0.3 is 10.4 Å². The van der Waals surface area contributed by atoms with Crippen molar-refractivity contribution in [3.05, 3.63) is 41.0 Å². The third-order valence-electron chi connectivity index (χ3n) is 3.93. The van der Waals surface area contributed by atoms with E-state index in [0.29, 0.717) is 11.6 Å². The van der Waals surface area contributed by atoms with Crippen molar-refractivity contribution in [2.45, 2.75) is 45.1 Å². The lowest BCUT2D eigenvalue weighted by Gasteiger charge is -2.19. The summed E-state index contributed by atoms with van der Waals surface area (Å²) in [4.78, 5) is 0. The monoisotopic (exact) mass is 407 g/mol. The van der Waals surface area contributed by atoms with E-state index >= 15 is 0 Å². The number of aliphatic hydroxyl groups excluding tert-OH is 1. The van der Waals surface area contributed by atoms with Gasteiger partial charge in [0.15, 0.2) is 0 Å². The predicted molar refractivity (Wildman–Crippen MR) is 91.7 cm³/mol. The number of nitrogens with zero attached hydrogens (tertiary/aromatic N) is 2. The molecule has 0 fully saturated rings. The molecule has 1 aromatic carbocycles. The van der Waals surface area contributed by atoms with Crippen LogP contribution in [-0.4, -0.2) is 28.0 Å². The fourth-order valence-electron chi connectivity index (χ4n) is 2.56. The van der Waals surface area contributed by atoms with Gasteiger partial charge in [0.05, 0.1) is 22.9 Å². The second-order valence-corrected chi connectivity index (χ2v) is 6.67. The lowest BCUT2D eigenvalue weighted by Crippen LogP contribution is -2.17. The zero-order chi connectivity index (χ0) is 21.3. The van der Waals surface area contributed by atoms with Crippen molar-refractivity contribution >= 4 is 5.82 Å². The summed E-state index contributed by atoms with van der Waals surface area (Å²) in [5.74, 6) is -0.0326. The molecule has 0 bridgehead atoms. The zero-order valence-electron chi connectivity index (χ0n) is 15.3. The number of nitrogens with one attached hydrogen (secondary N) is 1. The Hall–Kier alpha value is -2.36. The molecule has 2 N–H and O–H groups in total. The fourth-order valence-corrected chi connectivity index (χ4v) is 2.56. The van der Waals surface area contributed by atoms with Gasteiger partial charge >= 0.3 is 12.4 Å². The average Bonchev–Trinajstić information content (AvgIpc) is 2.57. The van der Waals surface area contributed by atoms with E-state index in [1.165, 1.54) is 13.0 Å². The Morgan fingerprint density at radius 3 is 2.11 bits per heavy atom. The summed E-state index contributed by atoms with van der Waals surface area (Å²) in [6.45, 7) is 5.13. The Morgan fingerprint density at radius 1 is 0.964 bits per heavy atom. The first kappa shape index (κ1) is 21.9. The molecule has 1 heterocycles. The number of hydrogen-bond acceptors (Lipinski definition) is 4. The second kappa shape index (κ2) is 7.94. The molecular weight excluding hydrogens is 388 g/mol. The molecule has 0 aliphatic heterocycles. The van der Waals surface area contributed by atoms with Crippen molar-refractivity contribution < 1.29 is 31.4 Å². The van der Waals surface area contributed by atoms with Crippen molar-refractivity contribution in [3.63, 3.8) is 0 Å². The molecule has 10 heteroatoms. The number of aromatic nitrogens is 2. The molecule has 0 radical (unpaired) electrons. The standard InChI is InChI=1S/C18H19F6N3O/c1-9(2)13-7-15(25-8-10(3)28)26-27-16(13)12-5-4-11(17(19,20)21)6-14(12)18(22,23)24/h4-7,9-10,28H,8H2,1-3H3,(H,25,26)/t10-/m1/s1. The normalized spacial score (nSPS) is 13.7. The molecule has 28 heavy (non-hydrogen) atoms. The van der Waals surface area contributed by atoms with E-state index in [2.05, 4.69) is 15.5 Å². The third-order valence-corrected chi connectivity index (χ3v) is 3.93. The van der Waals surface area contributed by atoms with Crippen LogP contribution in [0.15, 0.2) is 24.3 Å². The topological polar surface area (TPSA) is 58.0 Å². The van der Waals surface area contributed by atoms with Gasteiger partial charge in [0, 0.05) is 12.1 Å². The number of halogens is 6. The van der Waals surface area contributed by atoms with Crippen molar-refractivity contribution in [2.75, 3.05) is 11.9 Å². The summed E-state index contributed by atoms with van der Waals surface area (Å²) in [6, 6.07) is 2.92. The SMILES string of the molecule is CC(C)c1cc(NC[C@@H](C)O)nnc1-c1ccc(C(F)(F)F)cc1C(F)(F)F. The van der Waals surface area contributed by atoms with Crippen LogP contribution in [0.2, 0.25) is 0 Å². The van der Waals surface area contributed by atoms with E-state index < -0.39 is 35.1 Å². The lowest BCUT2D eigenvalue weighted by atomic mass is 9.93. The molecule has 4 nitrogen and oxygen atoms in total. The maximum atomic E-state index is 13.5. The highest BCUT2D eigenvalue weighted by Gasteiger charge is 2.39. The van der Waals surface area contributed by atoms with E-state index in [-0.39, 0.29) is 30.0 Å². The Kier molecular flexibility index (Phi) is 6.22. The quantitative estimate of drug-likeness (QED) is 0.678. The molecule has 0 aliphatic rings. The van der Waals surface area contributed by atoms with Crippen LogP contribution >= 0.6 is 0 Å². The van der Waals surface area contributed by atoms with Gasteiger partial charge in [0.25, 0.3) is 0 Å². The van der Waals surface area contributed by atoms with Crippen LogP contribution in [0.1, 0.15) is 43.4 Å². The maximum absolute atomic E-state index is 13.5. The minimum absolute atomic E-state index is 0.0840. The van der Waals surface area contributed by atoms with Gasteiger partial charge in [-0.2, -0.15) is 26.3 Å². The Bertz CT molecular complexity index is 831. The summed E-state index contributed by atoms with van der Waals surface area (Å²) in [7, 11) is 0. The van der Waals surface area contributed by atoms with E-state index in [9.17, 15) is 31.4 Å². The molecule has 1 atom stereocenters. The highest BCUT2D eigenvalue weighted by molar-refractivity contribution is 5.69. The van der Waals surface area contributed by atoms with Crippen molar-refractivity contribution in [2.24, 2.45) is 0 Å². The third kappa shape index (κ3) is 5.12. The first-order chi connectivity index (χ1) is 12.8. The lowest BCUT2D eigenvalue weighted by molar-refractivity contribution is -0.142. The van der Waals surface area contributed by atoms with Crippen LogP contribution in [0.5, 0.6) is 0 Å².